The summed E-state index contributed by atoms with van der Waals surface area (Å²) in [6, 6.07) is 0. The first-order chi connectivity index (χ1) is 4.70. The zero-order valence-corrected chi connectivity index (χ0v) is 8.35. The van der Waals surface area contributed by atoms with Crippen LogP contribution in [0.4, 0.5) is 0 Å². The first-order valence-electron chi connectivity index (χ1n) is 3.56. The Morgan fingerprint density at radius 1 is 1.70 bits per heavy atom. The molecule has 1 unspecified atom stereocenters. The molecule has 0 aliphatic rings. The van der Waals surface area contributed by atoms with Crippen molar-refractivity contribution in [2.75, 3.05) is 0 Å². The first kappa shape index (κ1) is 9.89. The van der Waals surface area contributed by atoms with Gasteiger partial charge in [-0.25, -0.2) is 0 Å². The van der Waals surface area contributed by atoms with E-state index in [1.165, 1.54) is 0 Å². The van der Waals surface area contributed by atoms with Crippen molar-refractivity contribution in [3.8, 4) is 0 Å². The van der Waals surface area contributed by atoms with Gasteiger partial charge in [-0.2, -0.15) is 0 Å². The topological polar surface area (TPSA) is 12.4 Å². The molecule has 0 aromatic rings. The number of allylic oxidation sites excluding steroid dienone is 1. The molecule has 0 aromatic heterocycles. The van der Waals surface area contributed by atoms with Gasteiger partial charge in [-0.05, 0) is 35.2 Å². The van der Waals surface area contributed by atoms with Crippen molar-refractivity contribution in [3.05, 3.63) is 10.7 Å². The Hall–Kier alpha value is -0.110. The van der Waals surface area contributed by atoms with Gasteiger partial charge in [0.1, 0.15) is 4.61 Å². The van der Waals surface area contributed by atoms with Crippen molar-refractivity contribution >= 4 is 22.1 Å². The summed E-state index contributed by atoms with van der Waals surface area (Å²) in [5, 5.41) is 0. The van der Waals surface area contributed by atoms with Crippen LogP contribution in [0.5, 0.6) is 0 Å². The average Bonchev–Trinajstić information content (AvgIpc) is 1.99. The molecule has 1 nitrogen and oxygen atoms in total. The Morgan fingerprint density at radius 2 is 2.30 bits per heavy atom. The zero-order chi connectivity index (χ0) is 7.98. The average molecular weight is 204 g/mol. The molecule has 0 fully saturated rings. The molecule has 0 rings (SSSR count). The van der Waals surface area contributed by atoms with Crippen molar-refractivity contribution in [2.24, 2.45) is 10.9 Å². The van der Waals surface area contributed by atoms with Crippen LogP contribution in [0.2, 0.25) is 0 Å². The minimum Gasteiger partial charge on any atom is -0.254 e. The normalized spacial score (nSPS) is 16.2. The van der Waals surface area contributed by atoms with E-state index in [0.29, 0.717) is 5.92 Å². The van der Waals surface area contributed by atoms with Gasteiger partial charge in [0.25, 0.3) is 0 Å². The maximum Gasteiger partial charge on any atom is 0.101 e. The number of rotatable bonds is 3. The van der Waals surface area contributed by atoms with E-state index < -0.39 is 0 Å². The maximum absolute atomic E-state index is 4.17. The van der Waals surface area contributed by atoms with Crippen LogP contribution in [0.3, 0.4) is 0 Å². The highest BCUT2D eigenvalue weighted by Gasteiger charge is 1.90. The van der Waals surface area contributed by atoms with Crippen molar-refractivity contribution < 1.29 is 0 Å². The van der Waals surface area contributed by atoms with E-state index in [2.05, 4.69) is 34.8 Å². The zero-order valence-electron chi connectivity index (χ0n) is 6.76. The molecular formula is C8H14BrN. The predicted molar refractivity (Wildman–Crippen MR) is 50.6 cm³/mol. The predicted octanol–water partition coefficient (Wildman–Crippen LogP) is 3.36. The van der Waals surface area contributed by atoms with E-state index in [4.69, 9.17) is 0 Å². The summed E-state index contributed by atoms with van der Waals surface area (Å²) in [5.41, 5.74) is 0. The summed E-state index contributed by atoms with van der Waals surface area (Å²) in [4.78, 5) is 4.17. The summed E-state index contributed by atoms with van der Waals surface area (Å²) >= 11 is 3.30. The van der Waals surface area contributed by atoms with Gasteiger partial charge in [-0.1, -0.05) is 19.9 Å². The maximum atomic E-state index is 4.17. The van der Waals surface area contributed by atoms with Crippen LogP contribution in [0.25, 0.3) is 0 Å². The second-order valence-corrected chi connectivity index (χ2v) is 3.09. The molecular weight excluding hydrogens is 190 g/mol. The lowest BCUT2D eigenvalue weighted by atomic mass is 10.1. The van der Waals surface area contributed by atoms with Crippen LogP contribution in [0.15, 0.2) is 15.7 Å². The van der Waals surface area contributed by atoms with Crippen LogP contribution in [-0.4, -0.2) is 6.21 Å². The highest BCUT2D eigenvalue weighted by atomic mass is 79.9. The molecule has 58 valence electrons. The summed E-state index contributed by atoms with van der Waals surface area (Å²) in [5.74, 6) is 0.576. The second kappa shape index (κ2) is 5.66. The lowest BCUT2D eigenvalue weighted by Crippen LogP contribution is -1.91. The number of aliphatic imine (C=N–C) groups is 1. The van der Waals surface area contributed by atoms with Crippen molar-refractivity contribution in [2.45, 2.75) is 27.2 Å². The fraction of sp³-hybridized carbons (Fsp3) is 0.625. The van der Waals surface area contributed by atoms with Crippen LogP contribution in [0, 0.1) is 5.92 Å². The molecule has 0 aliphatic heterocycles. The highest BCUT2D eigenvalue weighted by Crippen LogP contribution is 2.06. The SMILES string of the molecule is C/C=C(/Br)N=CC(C)CC. The lowest BCUT2D eigenvalue weighted by molar-refractivity contribution is 0.754. The van der Waals surface area contributed by atoms with Crippen LogP contribution in [-0.2, 0) is 0 Å². The first-order valence-corrected chi connectivity index (χ1v) is 4.36. The van der Waals surface area contributed by atoms with E-state index in [0.717, 1.165) is 11.0 Å². The monoisotopic (exact) mass is 203 g/mol. The van der Waals surface area contributed by atoms with Crippen molar-refractivity contribution in [3.63, 3.8) is 0 Å². The molecule has 0 bridgehead atoms. The minimum absolute atomic E-state index is 0.576. The van der Waals surface area contributed by atoms with Gasteiger partial charge in [0.2, 0.25) is 0 Å². The Bertz CT molecular complexity index is 138. The third-order valence-electron chi connectivity index (χ3n) is 1.33. The highest BCUT2D eigenvalue weighted by molar-refractivity contribution is 9.11. The third kappa shape index (κ3) is 4.74. The van der Waals surface area contributed by atoms with Gasteiger partial charge >= 0.3 is 0 Å². The molecule has 0 aromatic carbocycles. The van der Waals surface area contributed by atoms with Crippen LogP contribution >= 0.6 is 15.9 Å². The summed E-state index contributed by atoms with van der Waals surface area (Å²) in [7, 11) is 0. The Morgan fingerprint density at radius 3 is 2.70 bits per heavy atom. The van der Waals surface area contributed by atoms with Gasteiger partial charge in [0.05, 0.1) is 0 Å². The van der Waals surface area contributed by atoms with Gasteiger partial charge in [0.15, 0.2) is 0 Å². The molecule has 0 heterocycles. The van der Waals surface area contributed by atoms with E-state index in [9.17, 15) is 0 Å². The van der Waals surface area contributed by atoms with Gasteiger partial charge < -0.3 is 0 Å². The molecule has 0 radical (unpaired) electrons. The molecule has 0 aliphatic carbocycles. The third-order valence-corrected chi connectivity index (χ3v) is 2.00. The lowest BCUT2D eigenvalue weighted by Gasteiger charge is -1.96. The quantitative estimate of drug-likeness (QED) is 0.493. The Balaban J connectivity index is 3.75. The number of halogens is 1. The van der Waals surface area contributed by atoms with Gasteiger partial charge in [0, 0.05) is 6.21 Å². The van der Waals surface area contributed by atoms with Crippen LogP contribution in [0.1, 0.15) is 27.2 Å². The van der Waals surface area contributed by atoms with E-state index in [-0.39, 0.29) is 0 Å². The Labute approximate surface area is 71.4 Å². The second-order valence-electron chi connectivity index (χ2n) is 2.28. The van der Waals surface area contributed by atoms with Gasteiger partial charge in [-0.15, -0.1) is 0 Å². The molecule has 2 heteroatoms. The number of hydrogen-bond acceptors (Lipinski definition) is 1. The van der Waals surface area contributed by atoms with Crippen molar-refractivity contribution in [1.82, 2.24) is 0 Å². The molecule has 10 heavy (non-hydrogen) atoms. The molecule has 0 saturated carbocycles. The van der Waals surface area contributed by atoms with E-state index in [1.807, 2.05) is 19.2 Å². The minimum atomic E-state index is 0.576. The fourth-order valence-electron chi connectivity index (χ4n) is 0.378. The smallest absolute Gasteiger partial charge is 0.101 e. The summed E-state index contributed by atoms with van der Waals surface area (Å²) in [6.07, 6.45) is 5.04. The van der Waals surface area contributed by atoms with Crippen LogP contribution < -0.4 is 0 Å². The number of nitrogens with zero attached hydrogens (tertiary/aromatic N) is 1. The summed E-state index contributed by atoms with van der Waals surface area (Å²) in [6.45, 7) is 6.26. The van der Waals surface area contributed by atoms with E-state index >= 15 is 0 Å². The van der Waals surface area contributed by atoms with E-state index in [1.54, 1.807) is 0 Å². The summed E-state index contributed by atoms with van der Waals surface area (Å²) < 4.78 is 0.910. The Kier molecular flexibility index (Phi) is 5.60. The largest absolute Gasteiger partial charge is 0.254 e. The van der Waals surface area contributed by atoms with Crippen molar-refractivity contribution in [1.29, 1.82) is 0 Å². The molecule has 0 saturated heterocycles. The molecule has 1 atom stereocenters. The standard InChI is InChI=1S/C8H14BrN/c1-4-7(3)6-10-8(9)5-2/h5-7H,4H2,1-3H3/b8-5-,10-6?. The van der Waals surface area contributed by atoms with Gasteiger partial charge in [-0.3, -0.25) is 4.99 Å². The number of hydrogen-bond donors (Lipinski definition) is 0. The molecule has 0 N–H and O–H groups in total. The molecule has 0 spiro atoms. The molecule has 0 amide bonds. The fourth-order valence-corrected chi connectivity index (χ4v) is 0.497.